The molecule has 0 fully saturated rings. The van der Waals surface area contributed by atoms with E-state index in [0.29, 0.717) is 0 Å². The van der Waals surface area contributed by atoms with Gasteiger partial charge in [0.2, 0.25) is 0 Å². The number of allylic oxidation sites excluding steroid dienone is 5. The Balaban J connectivity index is 1.12. The molecule has 0 bridgehead atoms. The summed E-state index contributed by atoms with van der Waals surface area (Å²) in [5, 5.41) is 2.47. The lowest BCUT2D eigenvalue weighted by Gasteiger charge is -2.39. The van der Waals surface area contributed by atoms with Crippen LogP contribution in [0.1, 0.15) is 0 Å². The van der Waals surface area contributed by atoms with Crippen LogP contribution in [-0.4, -0.2) is 6.04 Å². The molecule has 276 valence electrons. The van der Waals surface area contributed by atoms with Gasteiger partial charge in [-0.2, -0.15) is 0 Å². The molecule has 2 atom stereocenters. The SMILES string of the molecule is C1=CC2=CC=CC(N(c3ccc(N(c4ccc(-c5ccccc5)cc4)c4cc(-c5ccccc5)cc(-c5ccccc5)c4)cc3)c3ccc4ccccc4c3)C2C=C1. The standard InChI is InChI=1S/C56H42N2/c1-4-15-41(16-5-1)45-27-30-50(31-28-45)57(54-39-48(42-17-6-2-7-18-42)37-49(40-54)43-19-8-3-9-20-43)51-33-35-52(36-34-51)58(53-32-29-44-21-10-11-23-47(44)38-53)56-26-14-24-46-22-12-13-25-55(46)56/h1-40,55-56H. The monoisotopic (exact) mass is 742 g/mol. The van der Waals surface area contributed by atoms with E-state index in [0.717, 1.165) is 22.7 Å². The van der Waals surface area contributed by atoms with E-state index in [2.05, 4.69) is 253 Å². The number of anilines is 5. The van der Waals surface area contributed by atoms with E-state index in [4.69, 9.17) is 0 Å². The zero-order chi connectivity index (χ0) is 38.7. The van der Waals surface area contributed by atoms with Crippen molar-refractivity contribution in [1.82, 2.24) is 0 Å². The maximum atomic E-state index is 2.51. The summed E-state index contributed by atoms with van der Waals surface area (Å²) < 4.78 is 0. The molecule has 10 rings (SSSR count). The summed E-state index contributed by atoms with van der Waals surface area (Å²) in [5.74, 6) is 0.234. The number of hydrogen-bond acceptors (Lipinski definition) is 2. The molecule has 2 aliphatic carbocycles. The molecule has 0 N–H and O–H groups in total. The molecule has 2 aliphatic rings. The first-order chi connectivity index (χ1) is 28.7. The average Bonchev–Trinajstić information content (AvgIpc) is 3.31. The largest absolute Gasteiger partial charge is 0.334 e. The fraction of sp³-hybridized carbons (Fsp3) is 0.0357. The Labute approximate surface area is 341 Å². The Kier molecular flexibility index (Phi) is 9.43. The van der Waals surface area contributed by atoms with Crippen LogP contribution in [0.5, 0.6) is 0 Å². The van der Waals surface area contributed by atoms with Gasteiger partial charge in [0, 0.05) is 34.4 Å². The summed E-state index contributed by atoms with van der Waals surface area (Å²) in [6.07, 6.45) is 15.7. The molecule has 0 saturated heterocycles. The van der Waals surface area contributed by atoms with Crippen LogP contribution in [0.2, 0.25) is 0 Å². The molecule has 0 aromatic heterocycles. The summed E-state index contributed by atoms with van der Waals surface area (Å²) in [7, 11) is 0. The van der Waals surface area contributed by atoms with E-state index in [1.54, 1.807) is 0 Å². The van der Waals surface area contributed by atoms with Gasteiger partial charge in [0.05, 0.1) is 6.04 Å². The van der Waals surface area contributed by atoms with Crippen molar-refractivity contribution >= 4 is 39.2 Å². The van der Waals surface area contributed by atoms with Gasteiger partial charge in [-0.15, -0.1) is 0 Å². The molecule has 0 saturated carbocycles. The second kappa shape index (κ2) is 15.6. The molecule has 8 aromatic rings. The molecule has 2 unspecified atom stereocenters. The van der Waals surface area contributed by atoms with E-state index >= 15 is 0 Å². The lowest BCUT2D eigenvalue weighted by Crippen LogP contribution is -2.37. The van der Waals surface area contributed by atoms with Gasteiger partial charge in [-0.25, -0.2) is 0 Å². The molecule has 2 heteroatoms. The van der Waals surface area contributed by atoms with Gasteiger partial charge in [-0.05, 0) is 116 Å². The Morgan fingerprint density at radius 3 is 1.48 bits per heavy atom. The highest BCUT2D eigenvalue weighted by Gasteiger charge is 2.30. The molecule has 8 aromatic carbocycles. The van der Waals surface area contributed by atoms with Gasteiger partial charge < -0.3 is 9.80 Å². The molecular formula is C56H42N2. The van der Waals surface area contributed by atoms with Crippen molar-refractivity contribution in [2.24, 2.45) is 5.92 Å². The van der Waals surface area contributed by atoms with Crippen LogP contribution in [-0.2, 0) is 0 Å². The highest BCUT2D eigenvalue weighted by Crippen LogP contribution is 2.43. The van der Waals surface area contributed by atoms with Crippen LogP contribution in [0.25, 0.3) is 44.2 Å². The molecule has 2 nitrogen and oxygen atoms in total. The molecule has 0 spiro atoms. The van der Waals surface area contributed by atoms with Gasteiger partial charge >= 0.3 is 0 Å². The minimum Gasteiger partial charge on any atom is -0.334 e. The summed E-state index contributed by atoms with van der Waals surface area (Å²) in [5.41, 5.74) is 14.0. The zero-order valence-electron chi connectivity index (χ0n) is 32.1. The van der Waals surface area contributed by atoms with E-state index in [1.165, 1.54) is 55.4 Å². The Bertz CT molecular complexity index is 2760. The third-order valence-corrected chi connectivity index (χ3v) is 11.4. The average molecular weight is 743 g/mol. The van der Waals surface area contributed by atoms with Crippen LogP contribution in [0.4, 0.5) is 28.4 Å². The van der Waals surface area contributed by atoms with Gasteiger partial charge in [0.25, 0.3) is 0 Å². The van der Waals surface area contributed by atoms with Crippen molar-refractivity contribution in [2.75, 3.05) is 9.80 Å². The topological polar surface area (TPSA) is 6.48 Å². The Morgan fingerprint density at radius 1 is 0.328 bits per heavy atom. The van der Waals surface area contributed by atoms with Crippen LogP contribution in [0.3, 0.4) is 0 Å². The second-order valence-corrected chi connectivity index (χ2v) is 15.0. The summed E-state index contributed by atoms with van der Waals surface area (Å²) >= 11 is 0. The first-order valence-corrected chi connectivity index (χ1v) is 20.1. The van der Waals surface area contributed by atoms with Crippen molar-refractivity contribution in [3.05, 3.63) is 248 Å². The van der Waals surface area contributed by atoms with Crippen LogP contribution < -0.4 is 9.80 Å². The Morgan fingerprint density at radius 2 is 0.845 bits per heavy atom. The van der Waals surface area contributed by atoms with E-state index < -0.39 is 0 Å². The van der Waals surface area contributed by atoms with Crippen LogP contribution in [0.15, 0.2) is 248 Å². The molecule has 0 amide bonds. The van der Waals surface area contributed by atoms with Gasteiger partial charge in [0.15, 0.2) is 0 Å². The number of benzene rings is 8. The van der Waals surface area contributed by atoms with E-state index in [-0.39, 0.29) is 12.0 Å². The maximum Gasteiger partial charge on any atom is 0.0628 e. The van der Waals surface area contributed by atoms with Crippen LogP contribution in [0, 0.1) is 5.92 Å². The van der Waals surface area contributed by atoms with Crippen molar-refractivity contribution in [2.45, 2.75) is 6.04 Å². The van der Waals surface area contributed by atoms with E-state index in [1.807, 2.05) is 0 Å². The Hall–Kier alpha value is -7.42. The normalized spacial score (nSPS) is 15.5. The number of hydrogen-bond donors (Lipinski definition) is 0. The van der Waals surface area contributed by atoms with Crippen molar-refractivity contribution in [3.63, 3.8) is 0 Å². The fourth-order valence-electron chi connectivity index (χ4n) is 8.50. The van der Waals surface area contributed by atoms with Crippen LogP contribution >= 0.6 is 0 Å². The minimum atomic E-state index is 0.103. The highest BCUT2D eigenvalue weighted by atomic mass is 15.2. The smallest absolute Gasteiger partial charge is 0.0628 e. The third kappa shape index (κ3) is 6.97. The first kappa shape index (κ1) is 35.0. The number of nitrogens with zero attached hydrogens (tertiary/aromatic N) is 2. The predicted octanol–water partition coefficient (Wildman–Crippen LogP) is 15.1. The molecule has 58 heavy (non-hydrogen) atoms. The predicted molar refractivity (Wildman–Crippen MR) is 246 cm³/mol. The third-order valence-electron chi connectivity index (χ3n) is 11.4. The van der Waals surface area contributed by atoms with Gasteiger partial charge in [0.1, 0.15) is 0 Å². The quantitative estimate of drug-likeness (QED) is 0.145. The molecular weight excluding hydrogens is 701 g/mol. The summed E-state index contributed by atoms with van der Waals surface area (Å²) in [4.78, 5) is 4.91. The highest BCUT2D eigenvalue weighted by molar-refractivity contribution is 5.89. The fourth-order valence-corrected chi connectivity index (χ4v) is 8.50. The molecule has 0 aliphatic heterocycles. The summed E-state index contributed by atoms with van der Waals surface area (Å²) in [6, 6.07) is 72.7. The maximum absolute atomic E-state index is 2.51. The number of fused-ring (bicyclic) bond motifs is 2. The van der Waals surface area contributed by atoms with Crippen molar-refractivity contribution < 1.29 is 0 Å². The first-order valence-electron chi connectivity index (χ1n) is 20.1. The van der Waals surface area contributed by atoms with Gasteiger partial charge in [-0.3, -0.25) is 0 Å². The lowest BCUT2D eigenvalue weighted by molar-refractivity contribution is 0.640. The molecule has 0 radical (unpaired) electrons. The van der Waals surface area contributed by atoms with E-state index in [9.17, 15) is 0 Å². The van der Waals surface area contributed by atoms with Gasteiger partial charge in [-0.1, -0.05) is 176 Å². The lowest BCUT2D eigenvalue weighted by atomic mass is 9.83. The summed E-state index contributed by atoms with van der Waals surface area (Å²) in [6.45, 7) is 0. The molecule has 0 heterocycles. The van der Waals surface area contributed by atoms with Crippen molar-refractivity contribution in [3.8, 4) is 33.4 Å². The minimum absolute atomic E-state index is 0.103. The van der Waals surface area contributed by atoms with Crippen molar-refractivity contribution in [1.29, 1.82) is 0 Å². The second-order valence-electron chi connectivity index (χ2n) is 15.0. The number of rotatable bonds is 9. The zero-order valence-corrected chi connectivity index (χ0v) is 32.1.